The average Bonchev–Trinajstić information content (AvgIpc) is 2.94. The molecule has 1 aliphatic heterocycles. The largest absolute Gasteiger partial charge is 0.466 e. The van der Waals surface area contributed by atoms with Crippen LogP contribution in [0, 0.1) is 0 Å². The molecule has 0 amide bonds. The molecule has 130 valence electrons. The van der Waals surface area contributed by atoms with Crippen LogP contribution in [0.2, 0.25) is 0 Å². The van der Waals surface area contributed by atoms with Gasteiger partial charge in [0.25, 0.3) is 0 Å². The van der Waals surface area contributed by atoms with Crippen molar-refractivity contribution < 1.29 is 30.0 Å². The Morgan fingerprint density at radius 1 is 0.682 bits per heavy atom. The van der Waals surface area contributed by atoms with Gasteiger partial charge in [-0.25, -0.2) is 0 Å². The maximum absolute atomic E-state index is 10.5. The Morgan fingerprint density at radius 2 is 1.14 bits per heavy atom. The summed E-state index contributed by atoms with van der Waals surface area (Å²) in [7, 11) is 0. The molecule has 6 nitrogen and oxygen atoms in total. The molecule has 2 aliphatic carbocycles. The van der Waals surface area contributed by atoms with Crippen LogP contribution in [0.4, 0.5) is 0 Å². The molecular weight excluding hydrogens is 288 g/mol. The Labute approximate surface area is 132 Å². The van der Waals surface area contributed by atoms with Crippen LogP contribution in [-0.2, 0) is 9.53 Å². The summed E-state index contributed by atoms with van der Waals surface area (Å²) in [6.45, 7) is 0.638. The Morgan fingerprint density at radius 3 is 1.50 bits per heavy atom. The van der Waals surface area contributed by atoms with Gasteiger partial charge >= 0.3 is 5.97 Å². The lowest BCUT2D eigenvalue weighted by molar-refractivity contribution is -0.153. The Bertz CT molecular complexity index is 281. The highest BCUT2D eigenvalue weighted by atomic mass is 16.5. The molecule has 1 heterocycles. The molecule has 0 aromatic heterocycles. The molecular formula is C16H30O6. The fourth-order valence-electron chi connectivity index (χ4n) is 2.69. The maximum atomic E-state index is 10.5. The minimum absolute atomic E-state index is 0.0255. The van der Waals surface area contributed by atoms with Gasteiger partial charge in [-0.3, -0.25) is 4.79 Å². The lowest BCUT2D eigenvalue weighted by Gasteiger charge is -2.11. The summed E-state index contributed by atoms with van der Waals surface area (Å²) in [4.78, 5) is 10.5. The van der Waals surface area contributed by atoms with Gasteiger partial charge < -0.3 is 25.2 Å². The third-order valence-corrected chi connectivity index (χ3v) is 4.10. The number of hydrogen-bond donors (Lipinski definition) is 4. The molecule has 1 saturated heterocycles. The molecule has 3 rings (SSSR count). The van der Waals surface area contributed by atoms with E-state index in [4.69, 9.17) is 25.2 Å². The molecule has 2 saturated carbocycles. The van der Waals surface area contributed by atoms with Gasteiger partial charge in [-0.05, 0) is 44.9 Å². The van der Waals surface area contributed by atoms with Crippen LogP contribution in [0.3, 0.4) is 0 Å². The van der Waals surface area contributed by atoms with E-state index in [1.807, 2.05) is 0 Å². The molecule has 6 heteroatoms. The number of carbonyl (C=O) groups is 1. The molecule has 4 N–H and O–H groups in total. The van der Waals surface area contributed by atoms with Crippen molar-refractivity contribution in [1.29, 1.82) is 0 Å². The van der Waals surface area contributed by atoms with Gasteiger partial charge in [0.1, 0.15) is 0 Å². The second kappa shape index (κ2) is 9.45. The summed E-state index contributed by atoms with van der Waals surface area (Å²) < 4.78 is 4.76. The zero-order valence-corrected chi connectivity index (χ0v) is 13.3. The first-order chi connectivity index (χ1) is 10.3. The normalized spacial score (nSPS) is 25.9. The third kappa shape index (κ3) is 9.35. The maximum Gasteiger partial charge on any atom is 0.305 e. The van der Waals surface area contributed by atoms with E-state index in [1.165, 1.54) is 0 Å². The molecule has 22 heavy (non-hydrogen) atoms. The summed E-state index contributed by atoms with van der Waals surface area (Å²) in [5.41, 5.74) is 0. The van der Waals surface area contributed by atoms with Gasteiger partial charge in [0.05, 0.1) is 6.61 Å². The predicted octanol–water partition coefficient (Wildman–Crippen LogP) is 1.59. The highest BCUT2D eigenvalue weighted by molar-refractivity contribution is 5.69. The minimum Gasteiger partial charge on any atom is -0.466 e. The van der Waals surface area contributed by atoms with E-state index in [0.29, 0.717) is 38.7 Å². The summed E-state index contributed by atoms with van der Waals surface area (Å²) in [6.07, 6.45) is 9.94. The zero-order valence-electron chi connectivity index (χ0n) is 13.3. The average molecular weight is 318 g/mol. The molecule has 0 aromatic carbocycles. The van der Waals surface area contributed by atoms with E-state index in [9.17, 15) is 4.79 Å². The summed E-state index contributed by atoms with van der Waals surface area (Å²) in [5.74, 6) is -2.64. The number of aliphatic hydroxyl groups is 4. The monoisotopic (exact) mass is 318 g/mol. The quantitative estimate of drug-likeness (QED) is 0.399. The van der Waals surface area contributed by atoms with Gasteiger partial charge in [-0.15, -0.1) is 0 Å². The fourth-order valence-corrected chi connectivity index (χ4v) is 2.69. The minimum atomic E-state index is -1.31. The van der Waals surface area contributed by atoms with Crippen molar-refractivity contribution in [3.8, 4) is 0 Å². The molecule has 0 spiro atoms. The molecule has 3 fully saturated rings. The molecule has 0 aromatic rings. The number of cyclic esters (lactones) is 1. The van der Waals surface area contributed by atoms with Crippen LogP contribution < -0.4 is 0 Å². The van der Waals surface area contributed by atoms with E-state index in [0.717, 1.165) is 44.9 Å². The van der Waals surface area contributed by atoms with E-state index in [1.54, 1.807) is 0 Å². The third-order valence-electron chi connectivity index (χ3n) is 4.10. The van der Waals surface area contributed by atoms with E-state index >= 15 is 0 Å². The van der Waals surface area contributed by atoms with Crippen LogP contribution in [0.5, 0.6) is 0 Å². The number of rotatable bonds is 0. The Hall–Kier alpha value is -0.690. The summed E-state index contributed by atoms with van der Waals surface area (Å²) >= 11 is 0. The molecule has 0 atom stereocenters. The van der Waals surface area contributed by atoms with Gasteiger partial charge in [-0.1, -0.05) is 0 Å². The number of hydrogen-bond acceptors (Lipinski definition) is 6. The lowest BCUT2D eigenvalue weighted by atomic mass is 10.2. The number of ether oxygens (including phenoxy) is 1. The summed E-state index contributed by atoms with van der Waals surface area (Å²) in [5, 5.41) is 35.0. The topological polar surface area (TPSA) is 107 Å². The fraction of sp³-hybridized carbons (Fsp3) is 0.938. The smallest absolute Gasteiger partial charge is 0.305 e. The van der Waals surface area contributed by atoms with Gasteiger partial charge in [0.2, 0.25) is 0 Å². The van der Waals surface area contributed by atoms with Crippen molar-refractivity contribution in [2.75, 3.05) is 6.61 Å². The van der Waals surface area contributed by atoms with Crippen LogP contribution >= 0.6 is 0 Å². The first kappa shape index (κ1) is 19.4. The van der Waals surface area contributed by atoms with Crippen LogP contribution in [0.25, 0.3) is 0 Å². The van der Waals surface area contributed by atoms with Crippen molar-refractivity contribution in [2.24, 2.45) is 0 Å². The van der Waals surface area contributed by atoms with E-state index in [2.05, 4.69) is 0 Å². The van der Waals surface area contributed by atoms with E-state index < -0.39 is 11.6 Å². The highest BCUT2D eigenvalue weighted by Crippen LogP contribution is 2.26. The van der Waals surface area contributed by atoms with Gasteiger partial charge in [-0.2, -0.15) is 0 Å². The first-order valence-electron chi connectivity index (χ1n) is 8.36. The van der Waals surface area contributed by atoms with E-state index in [-0.39, 0.29) is 5.97 Å². The predicted molar refractivity (Wildman–Crippen MR) is 80.7 cm³/mol. The molecule has 0 radical (unpaired) electrons. The first-order valence-corrected chi connectivity index (χ1v) is 8.36. The number of esters is 1. The van der Waals surface area contributed by atoms with Crippen LogP contribution in [0.15, 0.2) is 0 Å². The Kier molecular flexibility index (Phi) is 8.31. The Balaban J connectivity index is 0.000000166. The summed E-state index contributed by atoms with van der Waals surface area (Å²) in [6, 6.07) is 0. The van der Waals surface area contributed by atoms with Gasteiger partial charge in [0.15, 0.2) is 11.6 Å². The highest BCUT2D eigenvalue weighted by Gasteiger charge is 2.27. The SMILES string of the molecule is O=C1CCCCCO1.OC1(O)CCCC1.OC1(O)CCCC1. The standard InChI is InChI=1S/C6H10O2.2C5H10O2/c7-6-4-2-1-3-5-8-6;2*6-5(7)3-1-2-4-5/h1-5H2;2*6-7H,1-4H2. The second-order valence-corrected chi connectivity index (χ2v) is 6.41. The molecule has 3 aliphatic rings. The van der Waals surface area contributed by atoms with Crippen molar-refractivity contribution in [1.82, 2.24) is 0 Å². The molecule has 0 unspecified atom stereocenters. The van der Waals surface area contributed by atoms with Crippen LogP contribution in [-0.4, -0.2) is 44.6 Å². The molecule has 0 bridgehead atoms. The van der Waals surface area contributed by atoms with Crippen molar-refractivity contribution in [3.63, 3.8) is 0 Å². The van der Waals surface area contributed by atoms with Crippen molar-refractivity contribution >= 4 is 5.97 Å². The van der Waals surface area contributed by atoms with Crippen LogP contribution in [0.1, 0.15) is 77.0 Å². The lowest BCUT2D eigenvalue weighted by Crippen LogP contribution is -2.21. The zero-order chi connectivity index (χ0) is 16.5. The van der Waals surface area contributed by atoms with Gasteiger partial charge in [0, 0.05) is 32.1 Å². The second-order valence-electron chi connectivity index (χ2n) is 6.41. The number of carbonyl (C=O) groups excluding carboxylic acids is 1. The van der Waals surface area contributed by atoms with Crippen molar-refractivity contribution in [2.45, 2.75) is 88.6 Å². The van der Waals surface area contributed by atoms with Crippen molar-refractivity contribution in [3.05, 3.63) is 0 Å².